The van der Waals surface area contributed by atoms with E-state index in [1.165, 1.54) is 5.56 Å². The van der Waals surface area contributed by atoms with Crippen LogP contribution in [-0.2, 0) is 34.8 Å². The van der Waals surface area contributed by atoms with Crippen molar-refractivity contribution >= 4 is 59.7 Å². The summed E-state index contributed by atoms with van der Waals surface area (Å²) in [5, 5.41) is 261. The minimum absolute atomic E-state index is 0.266. The van der Waals surface area contributed by atoms with E-state index in [0.717, 1.165) is 6.42 Å². The fourth-order valence-corrected chi connectivity index (χ4v) is 11.8. The molecule has 0 radical (unpaired) electrons. The van der Waals surface area contributed by atoms with Gasteiger partial charge in [0.25, 0.3) is 0 Å². The Hall–Kier alpha value is -19.0. The molecule has 132 heavy (non-hydrogen) atoms. The molecule has 1 fully saturated rings. The average molecular weight is 1840 g/mol. The number of ether oxygens (including phenoxy) is 11. The molecule has 0 amide bonds. The average Bonchev–Trinajstić information content (AvgIpc) is 0.762. The van der Waals surface area contributed by atoms with Gasteiger partial charge in [0.15, 0.2) is 156 Å². The summed E-state index contributed by atoms with van der Waals surface area (Å²) in [5.74, 6) is -56.0. The highest BCUT2D eigenvalue weighted by atomic mass is 16.8. The predicted octanol–water partition coefficient (Wildman–Crippen LogP) is 6.41. The molecule has 0 aliphatic carbocycles. The summed E-state index contributed by atoms with van der Waals surface area (Å²) >= 11 is 0. The van der Waals surface area contributed by atoms with Crippen molar-refractivity contribution in [3.63, 3.8) is 0 Å². The van der Waals surface area contributed by atoms with Gasteiger partial charge < -0.3 is 186 Å². The van der Waals surface area contributed by atoms with E-state index >= 15 is 14.4 Å². The van der Waals surface area contributed by atoms with Crippen molar-refractivity contribution in [2.75, 3.05) is 6.61 Å². The second-order valence-electron chi connectivity index (χ2n) is 27.8. The molecular weight excluding hydrogens is 1770 g/mol. The van der Waals surface area contributed by atoms with Crippen LogP contribution in [0, 0.1) is 0 Å². The van der Waals surface area contributed by atoms with Crippen LogP contribution in [-0.4, -0.2) is 231 Å². The van der Waals surface area contributed by atoms with Gasteiger partial charge in [-0.05, 0) is 140 Å². The molecule has 1 saturated heterocycles. The Morgan fingerprint density at radius 3 is 0.712 bits per heavy atom. The maximum atomic E-state index is 15.3. The number of carbonyl (C=O) groups excluding carboxylic acids is 10. The van der Waals surface area contributed by atoms with Gasteiger partial charge in [-0.1, -0.05) is 30.3 Å². The van der Waals surface area contributed by atoms with Crippen LogP contribution in [0.15, 0.2) is 152 Å². The molecule has 0 aromatic heterocycles. The summed E-state index contributed by atoms with van der Waals surface area (Å²) in [5.41, 5.74) is -2.95. The van der Waals surface area contributed by atoms with Gasteiger partial charge in [0, 0.05) is 6.04 Å². The maximum absolute atomic E-state index is 15.3. The minimum atomic E-state index is -3.12. The molecule has 12 rings (SSSR count). The quantitative estimate of drug-likeness (QED) is 0.0142. The van der Waals surface area contributed by atoms with E-state index < -0.39 is 325 Å². The summed E-state index contributed by atoms with van der Waals surface area (Å²) < 4.78 is 60.4. The molecule has 0 saturated carbocycles. The predicted molar refractivity (Wildman–Crippen MR) is 427 cm³/mol. The topological polar surface area (TPSA) is 804 Å². The molecule has 0 spiro atoms. The lowest BCUT2D eigenvalue weighted by molar-refractivity contribution is -0.282. The number of nitrogens with two attached hydrogens (primary N) is 1. The van der Waals surface area contributed by atoms with Crippen LogP contribution >= 0.6 is 0 Å². The van der Waals surface area contributed by atoms with Crippen LogP contribution in [0.5, 0.6) is 172 Å². The fourth-order valence-electron chi connectivity index (χ4n) is 11.8. The van der Waals surface area contributed by atoms with E-state index in [1.807, 2.05) is 25.1 Å². The molecule has 11 aromatic carbocycles. The molecule has 11 aromatic rings. The Bertz CT molecular complexity index is 6410. The lowest BCUT2D eigenvalue weighted by Crippen LogP contribution is -2.63. The van der Waals surface area contributed by atoms with Crippen molar-refractivity contribution in [1.29, 1.82) is 0 Å². The van der Waals surface area contributed by atoms with Gasteiger partial charge in [-0.3, -0.25) is 0 Å². The summed E-state index contributed by atoms with van der Waals surface area (Å²) in [6, 6.07) is 19.1. The number of phenols is 25. The first-order chi connectivity index (χ1) is 62.1. The summed E-state index contributed by atoms with van der Waals surface area (Å²) in [4.78, 5) is 142. The summed E-state index contributed by atoms with van der Waals surface area (Å²) in [6.45, 7) is 0.313. The van der Waals surface area contributed by atoms with Crippen LogP contribution in [0.1, 0.15) is 116 Å². The zero-order chi connectivity index (χ0) is 96.8. The zero-order valence-corrected chi connectivity index (χ0v) is 66.1. The minimum Gasteiger partial charge on any atom is -0.504 e. The van der Waals surface area contributed by atoms with Gasteiger partial charge in [-0.15, -0.1) is 0 Å². The van der Waals surface area contributed by atoms with Gasteiger partial charge in [-0.25, -0.2) is 47.9 Å². The number of hydrogen-bond acceptors (Lipinski definition) is 47. The summed E-state index contributed by atoms with van der Waals surface area (Å²) in [6.07, 6.45) is -14.1. The van der Waals surface area contributed by atoms with E-state index in [4.69, 9.17) is 57.8 Å². The lowest BCUT2D eigenvalue weighted by Gasteiger charge is -2.43. The molecule has 27 N–H and O–H groups in total. The third-order valence-electron chi connectivity index (χ3n) is 18.3. The first kappa shape index (κ1) is 93.7. The van der Waals surface area contributed by atoms with Crippen LogP contribution in [0.3, 0.4) is 0 Å². The Kier molecular flexibility index (Phi) is 27.2. The molecule has 686 valence electrons. The molecule has 0 unspecified atom stereocenters. The highest BCUT2D eigenvalue weighted by molar-refractivity contribution is 6.00. The van der Waals surface area contributed by atoms with Crippen molar-refractivity contribution in [3.05, 3.63) is 213 Å². The second-order valence-corrected chi connectivity index (χ2v) is 27.8. The zero-order valence-electron chi connectivity index (χ0n) is 66.1. The Balaban J connectivity index is 0.00000157. The van der Waals surface area contributed by atoms with Crippen molar-refractivity contribution in [3.8, 4) is 172 Å². The molecule has 1 heterocycles. The maximum Gasteiger partial charge on any atom is 0.343 e. The van der Waals surface area contributed by atoms with Crippen molar-refractivity contribution in [2.24, 2.45) is 5.73 Å². The fraction of sp³-hybridized carbons (Fsp3) is 0.106. The van der Waals surface area contributed by atoms with E-state index in [-0.39, 0.29) is 6.04 Å². The van der Waals surface area contributed by atoms with Gasteiger partial charge >= 0.3 is 59.7 Å². The first-order valence-electron chi connectivity index (χ1n) is 36.8. The molecule has 47 heteroatoms. The molecule has 1 aliphatic heterocycles. The van der Waals surface area contributed by atoms with Gasteiger partial charge in [0.1, 0.15) is 12.7 Å². The summed E-state index contributed by atoms with van der Waals surface area (Å²) in [7, 11) is 0. The van der Waals surface area contributed by atoms with Gasteiger partial charge in [0.05, 0.1) is 55.6 Å². The number of hydrogen-bond donors (Lipinski definition) is 26. The van der Waals surface area contributed by atoms with Crippen molar-refractivity contribution < 1.29 is 228 Å². The SMILES string of the molecule is C[C@H](N)Cc1ccccc1.O=C(OC[C@H]1O[C@@H](OC(=O)c2cc(O)c(O)c(OC(=O)c3cc(O)c(O)c(O)c3)c2)[C@H](OC(=O)c2cc(O)c(O)c(OC(=O)c3cc(O)c(O)c(O)c3)c2)[C@@H](OC(=O)c2cc(O)c(O)c(OC(=O)c3cc(O)c(O)c(O)c3)c2)[C@@H]1OC(=O)c1cc(O)c(O)c(OC(=O)c2cc(O)c(O)c(O)c2)c1)c1cc(O)c(O)c(OC(=O)c2cc(O)c(O)c(O)c2)c1. The van der Waals surface area contributed by atoms with E-state index in [2.05, 4.69) is 12.1 Å². The first-order valence-corrected chi connectivity index (χ1v) is 36.8. The lowest BCUT2D eigenvalue weighted by atomic mass is 9.97. The molecule has 6 atom stereocenters. The van der Waals surface area contributed by atoms with Crippen LogP contribution in [0.2, 0.25) is 0 Å². The third kappa shape index (κ3) is 20.8. The standard InChI is InChI=1S/C76H52O46.C9H13N/c77-32-1-22(2-33(78)53(32)92)67(103)113-47-16-27(11-42(87)58(47)97)66(102)112-21-52-63(119-72(108)28-12-43(88)59(98)48(17-28)114-68(104)23-3-34(79)54(93)35(80)4-23)64(120-73(109)29-13-44(89)60(99)49(18-29)115-69(105)24-5-36(81)55(94)37(82)6-24)65(121-74(110)30-14-45(90)61(100)50(19-30)116-70(106)25-7-38(83)56(95)39(84)8-25)76(118-52)122-75(111)31-15-46(91)62(101)51(20-31)117-71(107)26-9-40(85)57(96)41(86)10-26;1-8(10)7-9-5-3-2-4-6-9/h1-20,52,63-65,76-101H,21H2;2-6,8H,7,10H2,1H3/t52-,63-,64+,65-,76+;8-/m10/s1. The Morgan fingerprint density at radius 2 is 0.470 bits per heavy atom. The van der Waals surface area contributed by atoms with Crippen LogP contribution in [0.25, 0.3) is 0 Å². The highest BCUT2D eigenvalue weighted by Gasteiger charge is 2.55. The van der Waals surface area contributed by atoms with E-state index in [9.17, 15) is 161 Å². The number of carbonyl (C=O) groups is 10. The number of phenolic OH excluding ortho intramolecular Hbond substituents is 25. The van der Waals surface area contributed by atoms with E-state index in [0.29, 0.717) is 121 Å². The highest BCUT2D eigenvalue weighted by Crippen LogP contribution is 2.48. The van der Waals surface area contributed by atoms with Gasteiger partial charge in [0.2, 0.25) is 41.1 Å². The second kappa shape index (κ2) is 38.3. The number of aromatic hydroxyl groups is 25. The normalized spacial score (nSPS) is 14.5. The van der Waals surface area contributed by atoms with Gasteiger partial charge in [-0.2, -0.15) is 0 Å². The molecular formula is C85H65NO46. The Morgan fingerprint density at radius 1 is 0.265 bits per heavy atom. The van der Waals surface area contributed by atoms with Crippen LogP contribution in [0.4, 0.5) is 0 Å². The number of rotatable bonds is 23. The van der Waals surface area contributed by atoms with Crippen LogP contribution < -0.4 is 29.4 Å². The number of esters is 10. The molecule has 1 aliphatic rings. The van der Waals surface area contributed by atoms with E-state index in [1.54, 1.807) is 0 Å². The third-order valence-corrected chi connectivity index (χ3v) is 18.3. The monoisotopic (exact) mass is 1840 g/mol. The Labute approximate surface area is 732 Å². The number of benzene rings is 11. The molecule has 47 nitrogen and oxygen atoms in total. The largest absolute Gasteiger partial charge is 0.504 e. The van der Waals surface area contributed by atoms with Crippen molar-refractivity contribution in [1.82, 2.24) is 0 Å². The smallest absolute Gasteiger partial charge is 0.343 e. The molecule has 0 bridgehead atoms. The van der Waals surface area contributed by atoms with Crippen molar-refractivity contribution in [2.45, 2.75) is 50.1 Å².